The molecule has 1 aromatic carbocycles. The fourth-order valence-corrected chi connectivity index (χ4v) is 3.51. The number of sulfonamides is 1. The van der Waals surface area contributed by atoms with Gasteiger partial charge >= 0.3 is 5.97 Å². The first-order valence-electron chi connectivity index (χ1n) is 5.81. The molecule has 1 aromatic rings. The number of rotatable bonds is 5. The van der Waals surface area contributed by atoms with Crippen LogP contribution in [0.5, 0.6) is 0 Å². The van der Waals surface area contributed by atoms with Crippen LogP contribution in [-0.4, -0.2) is 37.4 Å². The second-order valence-corrected chi connectivity index (χ2v) is 7.10. The molecule has 1 fully saturated rings. The molecule has 0 saturated heterocycles. The Morgan fingerprint density at radius 3 is 2.63 bits per heavy atom. The predicted octanol–water partition coefficient (Wildman–Crippen LogP) is 2.07. The molecular weight excluding hydrogens is 290 g/mol. The Morgan fingerprint density at radius 1 is 1.47 bits per heavy atom. The summed E-state index contributed by atoms with van der Waals surface area (Å²) < 4.78 is 25.9. The largest absolute Gasteiger partial charge is 0.478 e. The van der Waals surface area contributed by atoms with Gasteiger partial charge in [-0.05, 0) is 37.0 Å². The number of carboxylic acid groups (broad SMARTS) is 1. The quantitative estimate of drug-likeness (QED) is 0.903. The van der Waals surface area contributed by atoms with Crippen LogP contribution in [0.25, 0.3) is 0 Å². The van der Waals surface area contributed by atoms with E-state index in [4.69, 9.17) is 16.7 Å². The molecule has 1 saturated carbocycles. The lowest BCUT2D eigenvalue weighted by atomic mass is 10.2. The molecule has 0 spiro atoms. The average molecular weight is 304 g/mol. The second-order valence-electron chi connectivity index (χ2n) is 4.68. The maximum atomic E-state index is 12.3. The Bertz CT molecular complexity index is 610. The smallest absolute Gasteiger partial charge is 0.335 e. The van der Waals surface area contributed by atoms with Crippen molar-refractivity contribution in [3.8, 4) is 0 Å². The van der Waals surface area contributed by atoms with Crippen LogP contribution in [0, 0.1) is 5.92 Å². The molecule has 104 valence electrons. The van der Waals surface area contributed by atoms with Crippen molar-refractivity contribution in [1.29, 1.82) is 0 Å². The fraction of sp³-hybridized carbons (Fsp3) is 0.417. The molecule has 2 rings (SSSR count). The lowest BCUT2D eigenvalue weighted by Gasteiger charge is -2.17. The fourth-order valence-electron chi connectivity index (χ4n) is 1.76. The zero-order valence-corrected chi connectivity index (χ0v) is 11.9. The van der Waals surface area contributed by atoms with E-state index in [0.717, 1.165) is 18.9 Å². The highest BCUT2D eigenvalue weighted by Gasteiger charge is 2.30. The van der Waals surface area contributed by atoms with Crippen LogP contribution in [0.4, 0.5) is 0 Å². The first kappa shape index (κ1) is 14.3. The van der Waals surface area contributed by atoms with Gasteiger partial charge in [-0.2, -0.15) is 0 Å². The normalized spacial score (nSPS) is 15.7. The number of halogens is 1. The molecule has 7 heteroatoms. The van der Waals surface area contributed by atoms with Gasteiger partial charge in [0.25, 0.3) is 0 Å². The zero-order valence-electron chi connectivity index (χ0n) is 10.3. The molecule has 0 amide bonds. The minimum Gasteiger partial charge on any atom is -0.478 e. The van der Waals surface area contributed by atoms with Crippen molar-refractivity contribution in [2.24, 2.45) is 5.92 Å². The summed E-state index contributed by atoms with van der Waals surface area (Å²) in [6.45, 7) is 0.440. The third kappa shape index (κ3) is 3.08. The Kier molecular flexibility index (Phi) is 3.85. The van der Waals surface area contributed by atoms with Crippen LogP contribution in [0.1, 0.15) is 23.2 Å². The van der Waals surface area contributed by atoms with Gasteiger partial charge in [0.1, 0.15) is 4.90 Å². The summed E-state index contributed by atoms with van der Waals surface area (Å²) in [6, 6.07) is 3.68. The lowest BCUT2D eigenvalue weighted by Crippen LogP contribution is -2.29. The van der Waals surface area contributed by atoms with Crippen molar-refractivity contribution in [3.63, 3.8) is 0 Å². The first-order valence-corrected chi connectivity index (χ1v) is 7.63. The van der Waals surface area contributed by atoms with E-state index >= 15 is 0 Å². The molecule has 1 N–H and O–H groups in total. The highest BCUT2D eigenvalue weighted by molar-refractivity contribution is 7.89. The predicted molar refractivity (Wildman–Crippen MR) is 71.0 cm³/mol. The molecule has 0 atom stereocenters. The van der Waals surface area contributed by atoms with Gasteiger partial charge in [0.15, 0.2) is 0 Å². The average Bonchev–Trinajstić information content (AvgIpc) is 3.12. The van der Waals surface area contributed by atoms with Crippen LogP contribution >= 0.6 is 11.6 Å². The number of aromatic carboxylic acids is 1. The summed E-state index contributed by atoms with van der Waals surface area (Å²) in [7, 11) is -2.26. The van der Waals surface area contributed by atoms with Gasteiger partial charge in [-0.3, -0.25) is 0 Å². The molecule has 1 aliphatic carbocycles. The van der Waals surface area contributed by atoms with Crippen LogP contribution in [0.15, 0.2) is 23.1 Å². The van der Waals surface area contributed by atoms with Crippen LogP contribution in [0.2, 0.25) is 5.02 Å². The van der Waals surface area contributed by atoms with Crippen molar-refractivity contribution in [1.82, 2.24) is 4.31 Å². The van der Waals surface area contributed by atoms with E-state index < -0.39 is 16.0 Å². The molecule has 5 nitrogen and oxygen atoms in total. The monoisotopic (exact) mass is 303 g/mol. The molecule has 0 unspecified atom stereocenters. The van der Waals surface area contributed by atoms with Crippen molar-refractivity contribution < 1.29 is 18.3 Å². The van der Waals surface area contributed by atoms with E-state index in [9.17, 15) is 13.2 Å². The van der Waals surface area contributed by atoms with Gasteiger partial charge in [-0.1, -0.05) is 11.6 Å². The van der Waals surface area contributed by atoms with E-state index in [1.165, 1.54) is 23.5 Å². The molecule has 0 radical (unpaired) electrons. The lowest BCUT2D eigenvalue weighted by molar-refractivity contribution is 0.0696. The van der Waals surface area contributed by atoms with Crippen LogP contribution in [0.3, 0.4) is 0 Å². The molecular formula is C12H14ClNO4S. The standard InChI is InChI=1S/C12H14ClNO4S/c1-14(7-8-2-3-8)19(17,18)11-6-9(12(15)16)4-5-10(11)13/h4-6,8H,2-3,7H2,1H3,(H,15,16). The number of hydrogen-bond acceptors (Lipinski definition) is 3. The maximum absolute atomic E-state index is 12.3. The SMILES string of the molecule is CN(CC1CC1)S(=O)(=O)c1cc(C(=O)O)ccc1Cl. The third-order valence-corrected chi connectivity index (χ3v) is 5.38. The van der Waals surface area contributed by atoms with Crippen molar-refractivity contribution in [2.75, 3.05) is 13.6 Å². The summed E-state index contributed by atoms with van der Waals surface area (Å²) in [5.41, 5.74) is -0.0946. The highest BCUT2D eigenvalue weighted by atomic mass is 35.5. The van der Waals surface area contributed by atoms with Crippen LogP contribution < -0.4 is 0 Å². The Balaban J connectivity index is 2.37. The van der Waals surface area contributed by atoms with E-state index in [2.05, 4.69) is 0 Å². The van der Waals surface area contributed by atoms with Gasteiger partial charge in [0, 0.05) is 13.6 Å². The van der Waals surface area contributed by atoms with Crippen molar-refractivity contribution >= 4 is 27.6 Å². The summed E-state index contributed by atoms with van der Waals surface area (Å²) >= 11 is 5.88. The molecule has 0 aliphatic heterocycles. The zero-order chi connectivity index (χ0) is 14.2. The molecule has 0 heterocycles. The van der Waals surface area contributed by atoms with Gasteiger partial charge in [-0.25, -0.2) is 17.5 Å². The van der Waals surface area contributed by atoms with E-state index in [1.807, 2.05) is 0 Å². The Morgan fingerprint density at radius 2 is 2.11 bits per heavy atom. The summed E-state index contributed by atoms with van der Waals surface area (Å²) in [4.78, 5) is 10.7. The van der Waals surface area contributed by atoms with Crippen molar-refractivity contribution in [3.05, 3.63) is 28.8 Å². The number of carboxylic acids is 1. The molecule has 19 heavy (non-hydrogen) atoms. The van der Waals surface area contributed by atoms with Gasteiger partial charge < -0.3 is 5.11 Å². The Labute approximate surface area is 116 Å². The Hall–Kier alpha value is -1.11. The molecule has 0 aromatic heterocycles. The van der Waals surface area contributed by atoms with Gasteiger partial charge in [0.05, 0.1) is 10.6 Å². The summed E-state index contributed by atoms with van der Waals surface area (Å²) in [5, 5.41) is 8.94. The minimum atomic E-state index is -3.74. The summed E-state index contributed by atoms with van der Waals surface area (Å²) in [5.74, 6) is -0.779. The second kappa shape index (κ2) is 5.11. The van der Waals surface area contributed by atoms with Crippen molar-refractivity contribution in [2.45, 2.75) is 17.7 Å². The number of hydrogen-bond donors (Lipinski definition) is 1. The summed E-state index contributed by atoms with van der Waals surface area (Å²) in [6.07, 6.45) is 2.06. The van der Waals surface area contributed by atoms with Gasteiger partial charge in [0.2, 0.25) is 10.0 Å². The topological polar surface area (TPSA) is 74.7 Å². The van der Waals surface area contributed by atoms with E-state index in [0.29, 0.717) is 12.5 Å². The highest BCUT2D eigenvalue weighted by Crippen LogP contribution is 2.32. The number of nitrogens with zero attached hydrogens (tertiary/aromatic N) is 1. The van der Waals surface area contributed by atoms with E-state index in [-0.39, 0.29) is 15.5 Å². The third-order valence-electron chi connectivity index (χ3n) is 3.08. The number of carbonyl (C=O) groups is 1. The number of benzene rings is 1. The van der Waals surface area contributed by atoms with Crippen LogP contribution in [-0.2, 0) is 10.0 Å². The molecule has 0 bridgehead atoms. The van der Waals surface area contributed by atoms with E-state index in [1.54, 1.807) is 0 Å². The minimum absolute atomic E-state index is 0.0349. The maximum Gasteiger partial charge on any atom is 0.335 e. The van der Waals surface area contributed by atoms with Gasteiger partial charge in [-0.15, -0.1) is 0 Å². The molecule has 1 aliphatic rings. The first-order chi connectivity index (χ1) is 8.82.